The minimum atomic E-state index is -0.981. The lowest BCUT2D eigenvalue weighted by molar-refractivity contribution is -0.308. The smallest absolute Gasteiger partial charge is 0.0504 e. The highest BCUT2D eigenvalue weighted by atomic mass is 16.4. The molecule has 3 nitrogen and oxygen atoms in total. The van der Waals surface area contributed by atoms with Gasteiger partial charge in [-0.3, -0.25) is 0 Å². The molecule has 2 unspecified atom stereocenters. The van der Waals surface area contributed by atoms with E-state index in [-0.39, 0.29) is 6.04 Å². The van der Waals surface area contributed by atoms with Gasteiger partial charge in [-0.05, 0) is 24.9 Å². The predicted molar refractivity (Wildman–Crippen MR) is 59.8 cm³/mol. The molecule has 1 aromatic rings. The van der Waals surface area contributed by atoms with Crippen LogP contribution in [0.3, 0.4) is 0 Å². The Morgan fingerprint density at radius 1 is 1.31 bits per heavy atom. The molecular formula is C13H16NO2-. The van der Waals surface area contributed by atoms with E-state index < -0.39 is 11.9 Å². The van der Waals surface area contributed by atoms with Crippen molar-refractivity contribution in [1.82, 2.24) is 5.32 Å². The number of nitrogens with one attached hydrogen (secondary N) is 1. The molecule has 3 heteroatoms. The number of aliphatic carboxylic acids is 1. The van der Waals surface area contributed by atoms with E-state index in [1.54, 1.807) is 0 Å². The van der Waals surface area contributed by atoms with Crippen molar-refractivity contribution < 1.29 is 9.90 Å². The summed E-state index contributed by atoms with van der Waals surface area (Å²) in [6.45, 7) is 0.904. The summed E-state index contributed by atoms with van der Waals surface area (Å²) in [6.07, 6.45) is 3.13. The van der Waals surface area contributed by atoms with Gasteiger partial charge in [-0.1, -0.05) is 36.8 Å². The maximum absolute atomic E-state index is 11.2. The molecule has 1 aliphatic heterocycles. The lowest BCUT2D eigenvalue weighted by atomic mass is 9.86. The SMILES string of the molecule is O=C([O-])C(c1ccccc1)C1CCCCN1. The summed E-state index contributed by atoms with van der Waals surface area (Å²) in [5.41, 5.74) is 0.835. The van der Waals surface area contributed by atoms with Crippen molar-refractivity contribution in [3.05, 3.63) is 35.9 Å². The van der Waals surface area contributed by atoms with Crippen LogP contribution >= 0.6 is 0 Å². The summed E-state index contributed by atoms with van der Waals surface area (Å²) in [7, 11) is 0. The van der Waals surface area contributed by atoms with Crippen molar-refractivity contribution in [3.8, 4) is 0 Å². The van der Waals surface area contributed by atoms with E-state index in [0.717, 1.165) is 31.4 Å². The van der Waals surface area contributed by atoms with Crippen molar-refractivity contribution in [2.45, 2.75) is 31.2 Å². The van der Waals surface area contributed by atoms with E-state index in [1.165, 1.54) is 0 Å². The van der Waals surface area contributed by atoms with Gasteiger partial charge in [0.25, 0.3) is 0 Å². The van der Waals surface area contributed by atoms with Crippen LogP contribution in [0.5, 0.6) is 0 Å². The predicted octanol–water partition coefficient (Wildman–Crippen LogP) is 0.662. The molecule has 1 aliphatic rings. The second-order valence-corrected chi connectivity index (χ2v) is 4.26. The molecule has 2 atom stereocenters. The number of piperidine rings is 1. The molecule has 0 radical (unpaired) electrons. The van der Waals surface area contributed by atoms with Crippen molar-refractivity contribution >= 4 is 5.97 Å². The van der Waals surface area contributed by atoms with Gasteiger partial charge in [0.1, 0.15) is 0 Å². The lowest BCUT2D eigenvalue weighted by Crippen LogP contribution is -2.46. The Kier molecular flexibility index (Phi) is 3.57. The average molecular weight is 218 g/mol. The first-order valence-electron chi connectivity index (χ1n) is 5.78. The van der Waals surface area contributed by atoms with Crippen LogP contribution in [0.2, 0.25) is 0 Å². The Bertz CT molecular complexity index is 344. The molecule has 1 heterocycles. The Balaban J connectivity index is 2.20. The highest BCUT2D eigenvalue weighted by molar-refractivity contribution is 5.75. The number of rotatable bonds is 3. The van der Waals surface area contributed by atoms with Crippen LogP contribution in [0.25, 0.3) is 0 Å². The fraction of sp³-hybridized carbons (Fsp3) is 0.462. The normalized spacial score (nSPS) is 22.6. The van der Waals surface area contributed by atoms with E-state index in [0.29, 0.717) is 0 Å². The summed E-state index contributed by atoms with van der Waals surface area (Å²) in [5.74, 6) is -1.51. The Hall–Kier alpha value is -1.35. The molecule has 0 aliphatic carbocycles. The number of benzene rings is 1. The maximum Gasteiger partial charge on any atom is 0.0504 e. The summed E-state index contributed by atoms with van der Waals surface area (Å²) in [4.78, 5) is 11.2. The quantitative estimate of drug-likeness (QED) is 0.811. The molecular weight excluding hydrogens is 202 g/mol. The Morgan fingerprint density at radius 3 is 2.62 bits per heavy atom. The molecule has 16 heavy (non-hydrogen) atoms. The van der Waals surface area contributed by atoms with Gasteiger partial charge < -0.3 is 15.2 Å². The van der Waals surface area contributed by atoms with Gasteiger partial charge in [-0.25, -0.2) is 0 Å². The van der Waals surface area contributed by atoms with Crippen LogP contribution in [0.4, 0.5) is 0 Å². The zero-order valence-corrected chi connectivity index (χ0v) is 9.19. The van der Waals surface area contributed by atoms with Gasteiger partial charge in [0.05, 0.1) is 5.97 Å². The monoisotopic (exact) mass is 218 g/mol. The summed E-state index contributed by atoms with van der Waals surface area (Å²) in [5, 5.41) is 14.5. The lowest BCUT2D eigenvalue weighted by Gasteiger charge is -2.32. The maximum atomic E-state index is 11.2. The van der Waals surface area contributed by atoms with Crippen LogP contribution < -0.4 is 10.4 Å². The average Bonchev–Trinajstić information content (AvgIpc) is 2.31. The third-order valence-electron chi connectivity index (χ3n) is 3.16. The molecule has 1 fully saturated rings. The molecule has 1 saturated heterocycles. The van der Waals surface area contributed by atoms with Gasteiger partial charge in [0, 0.05) is 12.0 Å². The zero-order chi connectivity index (χ0) is 11.4. The second-order valence-electron chi connectivity index (χ2n) is 4.26. The van der Waals surface area contributed by atoms with E-state index in [9.17, 15) is 9.90 Å². The first kappa shape index (κ1) is 11.1. The van der Waals surface area contributed by atoms with Gasteiger partial charge in [0.2, 0.25) is 0 Å². The van der Waals surface area contributed by atoms with Gasteiger partial charge >= 0.3 is 0 Å². The number of carbonyl (C=O) groups excluding carboxylic acids is 1. The molecule has 0 amide bonds. The topological polar surface area (TPSA) is 52.2 Å². The van der Waals surface area contributed by atoms with Crippen LogP contribution in [-0.2, 0) is 4.79 Å². The van der Waals surface area contributed by atoms with Crippen LogP contribution in [0.1, 0.15) is 30.7 Å². The van der Waals surface area contributed by atoms with Crippen LogP contribution in [0.15, 0.2) is 30.3 Å². The number of hydrogen-bond donors (Lipinski definition) is 1. The van der Waals surface area contributed by atoms with Crippen molar-refractivity contribution in [2.24, 2.45) is 0 Å². The van der Waals surface area contributed by atoms with E-state index in [1.807, 2.05) is 30.3 Å². The summed E-state index contributed by atoms with van der Waals surface area (Å²) >= 11 is 0. The number of carbonyl (C=O) groups is 1. The number of carboxylic acid groups (broad SMARTS) is 1. The third-order valence-corrected chi connectivity index (χ3v) is 3.16. The van der Waals surface area contributed by atoms with Crippen molar-refractivity contribution in [3.63, 3.8) is 0 Å². The number of carboxylic acids is 1. The molecule has 0 spiro atoms. The largest absolute Gasteiger partial charge is 0.549 e. The standard InChI is InChI=1S/C13H17NO2/c15-13(16)12(10-6-2-1-3-7-10)11-8-4-5-9-14-11/h1-3,6-7,11-12,14H,4-5,8-9H2,(H,15,16)/p-1. The van der Waals surface area contributed by atoms with Crippen molar-refractivity contribution in [2.75, 3.05) is 6.54 Å². The molecule has 0 saturated carbocycles. The van der Waals surface area contributed by atoms with Gasteiger partial charge in [-0.15, -0.1) is 0 Å². The van der Waals surface area contributed by atoms with E-state index >= 15 is 0 Å². The fourth-order valence-corrected chi connectivity index (χ4v) is 2.36. The van der Waals surface area contributed by atoms with Gasteiger partial charge in [0.15, 0.2) is 0 Å². The first-order chi connectivity index (χ1) is 7.79. The van der Waals surface area contributed by atoms with Crippen LogP contribution in [-0.4, -0.2) is 18.6 Å². The number of hydrogen-bond acceptors (Lipinski definition) is 3. The Morgan fingerprint density at radius 2 is 2.06 bits per heavy atom. The highest BCUT2D eigenvalue weighted by Gasteiger charge is 2.25. The molecule has 1 aromatic carbocycles. The molecule has 2 rings (SSSR count). The fourth-order valence-electron chi connectivity index (χ4n) is 2.36. The molecule has 1 N–H and O–H groups in total. The highest BCUT2D eigenvalue weighted by Crippen LogP contribution is 2.24. The molecule has 86 valence electrons. The first-order valence-corrected chi connectivity index (χ1v) is 5.78. The minimum Gasteiger partial charge on any atom is -0.549 e. The molecule has 0 bridgehead atoms. The van der Waals surface area contributed by atoms with Crippen molar-refractivity contribution in [1.29, 1.82) is 0 Å². The zero-order valence-electron chi connectivity index (χ0n) is 9.19. The van der Waals surface area contributed by atoms with E-state index in [4.69, 9.17) is 0 Å². The summed E-state index contributed by atoms with van der Waals surface area (Å²) < 4.78 is 0. The van der Waals surface area contributed by atoms with Gasteiger partial charge in [-0.2, -0.15) is 0 Å². The second kappa shape index (κ2) is 5.12. The third kappa shape index (κ3) is 2.42. The summed E-state index contributed by atoms with van der Waals surface area (Å²) in [6, 6.07) is 9.36. The molecule has 0 aromatic heterocycles. The van der Waals surface area contributed by atoms with Crippen LogP contribution in [0, 0.1) is 0 Å². The Labute approximate surface area is 95.5 Å². The van der Waals surface area contributed by atoms with E-state index in [2.05, 4.69) is 5.32 Å². The minimum absolute atomic E-state index is 0.0150.